The van der Waals surface area contributed by atoms with E-state index in [4.69, 9.17) is 13.8 Å². The number of rotatable bonds is 48. The average Bonchev–Trinajstić information content (AvgIpc) is 3.27. The molecule has 3 unspecified atom stereocenters. The van der Waals surface area contributed by atoms with E-state index in [0.29, 0.717) is 23.9 Å². The molecule has 0 saturated heterocycles. The number of unbranched alkanes of at least 4 members (excludes halogenated alkanes) is 25. The van der Waals surface area contributed by atoms with Crippen LogP contribution in [0.3, 0.4) is 0 Å². The van der Waals surface area contributed by atoms with Gasteiger partial charge >= 0.3 is 5.97 Å². The van der Waals surface area contributed by atoms with Crippen LogP contribution < -0.4 is 10.2 Å². The first-order valence-corrected chi connectivity index (χ1v) is 28.6. The minimum absolute atomic E-state index is 0.0362. The minimum atomic E-state index is -4.71. The number of allylic oxidation sites excluding steroid dienone is 9. The maximum absolute atomic E-state index is 13.4. The number of nitrogens with zero attached hydrogens (tertiary/aromatic N) is 1. The third-order valence-electron chi connectivity index (χ3n) is 11.7. The van der Waals surface area contributed by atoms with Crippen molar-refractivity contribution in [3.8, 4) is 0 Å². The second-order valence-corrected chi connectivity index (χ2v) is 20.8. The van der Waals surface area contributed by atoms with Gasteiger partial charge in [0.1, 0.15) is 19.3 Å². The number of carbonyl (C=O) groups excluding carboxylic acids is 2. The van der Waals surface area contributed by atoms with Crippen molar-refractivity contribution in [3.63, 3.8) is 0 Å². The lowest BCUT2D eigenvalue weighted by Crippen LogP contribution is -2.47. The number of hydrogen-bond acceptors (Lipinski definition) is 7. The molecule has 0 fully saturated rings. The Labute approximate surface area is 407 Å². The molecule has 0 spiro atoms. The lowest BCUT2D eigenvalue weighted by Gasteiger charge is -2.30. The molecule has 0 rings (SSSR count). The van der Waals surface area contributed by atoms with Crippen molar-refractivity contribution in [1.29, 1.82) is 0 Å². The molecular formula is C56H103N2O7P. The largest absolute Gasteiger partial charge is 0.756 e. The number of amides is 1. The van der Waals surface area contributed by atoms with Gasteiger partial charge in [-0.3, -0.25) is 14.2 Å². The predicted octanol–water partition coefficient (Wildman–Crippen LogP) is 15.3. The van der Waals surface area contributed by atoms with E-state index in [2.05, 4.69) is 68.6 Å². The lowest BCUT2D eigenvalue weighted by atomic mass is 10.1. The van der Waals surface area contributed by atoms with Crippen molar-refractivity contribution < 1.29 is 37.3 Å². The monoisotopic (exact) mass is 947 g/mol. The van der Waals surface area contributed by atoms with Gasteiger partial charge in [0.15, 0.2) is 0 Å². The van der Waals surface area contributed by atoms with Gasteiger partial charge < -0.3 is 28.5 Å². The van der Waals surface area contributed by atoms with Gasteiger partial charge in [-0.1, -0.05) is 204 Å². The number of carbonyl (C=O) groups is 2. The molecule has 0 bridgehead atoms. The Morgan fingerprint density at radius 3 is 1.48 bits per heavy atom. The van der Waals surface area contributed by atoms with E-state index in [-0.39, 0.29) is 25.4 Å². The normalized spacial score (nSPS) is 14.3. The Morgan fingerprint density at radius 2 is 0.985 bits per heavy atom. The number of nitrogens with one attached hydrogen (secondary N) is 1. The molecule has 0 aliphatic rings. The van der Waals surface area contributed by atoms with E-state index in [1.54, 1.807) is 6.08 Å². The topological polar surface area (TPSA) is 114 Å². The SMILES string of the molecule is CCCCCCCC/C=C\C/C=C/CCC(=O)OC(/C=C/CCCCCCCCCCC)C(COP(=O)([O-])OCC[N+](C)(C)C)NC(=O)CCCCC/C=C/C=C/CCCCCCCCC. The quantitative estimate of drug-likeness (QED) is 0.0161. The van der Waals surface area contributed by atoms with E-state index in [9.17, 15) is 19.0 Å². The molecule has 0 radical (unpaired) electrons. The third-order valence-corrected chi connectivity index (χ3v) is 12.7. The molecule has 384 valence electrons. The van der Waals surface area contributed by atoms with Crippen LogP contribution in [0, 0.1) is 0 Å². The number of esters is 1. The summed E-state index contributed by atoms with van der Waals surface area (Å²) in [6.45, 7) is 6.75. The second-order valence-electron chi connectivity index (χ2n) is 19.4. The fourth-order valence-electron chi connectivity index (χ4n) is 7.45. The van der Waals surface area contributed by atoms with Crippen LogP contribution in [0.15, 0.2) is 60.8 Å². The molecule has 0 aliphatic heterocycles. The standard InChI is InChI=1S/C56H103N2O7P/c1-7-10-13-16-19-22-25-27-28-29-31-33-36-39-42-45-48-55(59)57-53(52-64-66(61,62)63-51-50-58(4,5)6)54(47-44-41-38-35-32-24-21-18-15-12-9-3)65-56(60)49-46-43-40-37-34-30-26-23-20-17-14-11-8-2/h28-31,33-34,40,43-44,47,53-54H,7-27,32,35-39,41-42,45-46,48-52H2,1-6H3,(H-,57,59,61,62)/b29-28+,33-31+,34-30-,43-40+,47-44+. The van der Waals surface area contributed by atoms with Gasteiger partial charge in [-0.15, -0.1) is 0 Å². The smallest absolute Gasteiger partial charge is 0.306 e. The lowest BCUT2D eigenvalue weighted by molar-refractivity contribution is -0.870. The number of quaternary nitrogens is 1. The summed E-state index contributed by atoms with van der Waals surface area (Å²) in [4.78, 5) is 39.6. The minimum Gasteiger partial charge on any atom is -0.756 e. The zero-order chi connectivity index (χ0) is 48.7. The molecule has 0 aromatic rings. The van der Waals surface area contributed by atoms with E-state index >= 15 is 0 Å². The van der Waals surface area contributed by atoms with Gasteiger partial charge in [-0.2, -0.15) is 0 Å². The molecule has 66 heavy (non-hydrogen) atoms. The Kier molecular flexibility index (Phi) is 44.8. The van der Waals surface area contributed by atoms with Crippen LogP contribution in [0.25, 0.3) is 0 Å². The molecule has 1 amide bonds. The molecule has 1 N–H and O–H groups in total. The van der Waals surface area contributed by atoms with Crippen LogP contribution in [0.2, 0.25) is 0 Å². The van der Waals surface area contributed by atoms with Gasteiger partial charge in [0.2, 0.25) is 5.91 Å². The summed E-state index contributed by atoms with van der Waals surface area (Å²) in [6.07, 6.45) is 56.3. The molecule has 0 heterocycles. The van der Waals surface area contributed by atoms with Crippen LogP contribution in [0.4, 0.5) is 0 Å². The summed E-state index contributed by atoms with van der Waals surface area (Å²) >= 11 is 0. The van der Waals surface area contributed by atoms with Crippen molar-refractivity contribution in [2.75, 3.05) is 40.9 Å². The zero-order valence-electron chi connectivity index (χ0n) is 43.6. The number of likely N-dealkylation sites (N-methyl/N-ethyl adjacent to an activating group) is 1. The summed E-state index contributed by atoms with van der Waals surface area (Å²) in [5.41, 5.74) is 0. The Morgan fingerprint density at radius 1 is 0.545 bits per heavy atom. The van der Waals surface area contributed by atoms with Gasteiger partial charge in [0.05, 0.1) is 33.8 Å². The van der Waals surface area contributed by atoms with Gasteiger partial charge in [-0.25, -0.2) is 0 Å². The summed E-state index contributed by atoms with van der Waals surface area (Å²) in [7, 11) is 1.14. The number of hydrogen-bond donors (Lipinski definition) is 1. The first kappa shape index (κ1) is 63.7. The van der Waals surface area contributed by atoms with E-state index < -0.39 is 32.5 Å². The highest BCUT2D eigenvalue weighted by atomic mass is 31.2. The molecule has 0 saturated carbocycles. The Bertz CT molecular complexity index is 1320. The second kappa shape index (κ2) is 46.4. The predicted molar refractivity (Wildman–Crippen MR) is 279 cm³/mol. The van der Waals surface area contributed by atoms with Crippen molar-refractivity contribution in [3.05, 3.63) is 60.8 Å². The van der Waals surface area contributed by atoms with Crippen molar-refractivity contribution in [2.45, 2.75) is 245 Å². The summed E-state index contributed by atoms with van der Waals surface area (Å²) in [5.74, 6) is -0.652. The van der Waals surface area contributed by atoms with Gasteiger partial charge in [0, 0.05) is 12.8 Å². The first-order chi connectivity index (χ1) is 31.9. The molecule has 0 aromatic carbocycles. The van der Waals surface area contributed by atoms with Crippen LogP contribution in [0.1, 0.15) is 233 Å². The summed E-state index contributed by atoms with van der Waals surface area (Å²) in [5, 5.41) is 2.98. The van der Waals surface area contributed by atoms with Crippen LogP contribution in [0.5, 0.6) is 0 Å². The average molecular weight is 947 g/mol. The number of phosphoric ester groups is 1. The molecule has 0 aliphatic carbocycles. The van der Waals surface area contributed by atoms with Crippen LogP contribution in [-0.2, 0) is 27.9 Å². The van der Waals surface area contributed by atoms with Crippen LogP contribution >= 0.6 is 7.82 Å². The van der Waals surface area contributed by atoms with E-state index in [0.717, 1.165) is 57.8 Å². The van der Waals surface area contributed by atoms with E-state index in [1.807, 2.05) is 33.3 Å². The van der Waals surface area contributed by atoms with Crippen LogP contribution in [-0.4, -0.2) is 69.4 Å². The molecule has 10 heteroatoms. The first-order valence-electron chi connectivity index (χ1n) is 27.1. The van der Waals surface area contributed by atoms with Crippen molar-refractivity contribution in [1.82, 2.24) is 5.32 Å². The highest BCUT2D eigenvalue weighted by Gasteiger charge is 2.27. The molecular weight excluding hydrogens is 844 g/mol. The highest BCUT2D eigenvalue weighted by Crippen LogP contribution is 2.38. The van der Waals surface area contributed by atoms with Gasteiger partial charge in [0.25, 0.3) is 7.82 Å². The summed E-state index contributed by atoms with van der Waals surface area (Å²) in [6, 6.07) is -0.923. The molecule has 9 nitrogen and oxygen atoms in total. The summed E-state index contributed by atoms with van der Waals surface area (Å²) < 4.78 is 30.0. The van der Waals surface area contributed by atoms with Gasteiger partial charge in [-0.05, 0) is 76.7 Å². The third kappa shape index (κ3) is 46.8. The van der Waals surface area contributed by atoms with Crippen molar-refractivity contribution >= 4 is 19.7 Å². The number of phosphoric acid groups is 1. The fourth-order valence-corrected chi connectivity index (χ4v) is 8.17. The number of ether oxygens (including phenoxy) is 1. The maximum atomic E-state index is 13.4. The Hall–Kier alpha value is -2.29. The fraction of sp³-hybridized carbons (Fsp3) is 0.786. The highest BCUT2D eigenvalue weighted by molar-refractivity contribution is 7.45. The molecule has 3 atom stereocenters. The van der Waals surface area contributed by atoms with E-state index in [1.165, 1.54) is 128 Å². The maximum Gasteiger partial charge on any atom is 0.306 e. The van der Waals surface area contributed by atoms with Crippen molar-refractivity contribution in [2.24, 2.45) is 0 Å². The zero-order valence-corrected chi connectivity index (χ0v) is 44.5. The Balaban J connectivity index is 5.50. The molecule has 0 aromatic heterocycles.